The van der Waals surface area contributed by atoms with Crippen LogP contribution in [0.1, 0.15) is 6.92 Å². The Kier molecular flexibility index (Phi) is 6.08. The predicted molar refractivity (Wildman–Crippen MR) is 52.1 cm³/mol. The van der Waals surface area contributed by atoms with E-state index in [0.717, 1.165) is 0 Å². The molecule has 0 saturated carbocycles. The van der Waals surface area contributed by atoms with E-state index in [2.05, 4.69) is 25.4 Å². The molecule has 6 heteroatoms. The Morgan fingerprint density at radius 2 is 2.17 bits per heavy atom. The smallest absolute Gasteiger partial charge is 0.213 e. The topological polar surface area (TPSA) is 55.4 Å². The minimum absolute atomic E-state index is 0.0171. The Hall–Kier alpha value is 0.350. The molecule has 0 saturated heterocycles. The van der Waals surface area contributed by atoms with Gasteiger partial charge in [0.25, 0.3) is 0 Å². The number of rotatable bonds is 6. The molecule has 0 amide bonds. The summed E-state index contributed by atoms with van der Waals surface area (Å²) in [5.74, 6) is 0.0171. The molecule has 12 heavy (non-hydrogen) atoms. The van der Waals surface area contributed by atoms with Gasteiger partial charge in [-0.3, -0.25) is 0 Å². The number of hydrogen-bond donors (Lipinski definition) is 1. The lowest BCUT2D eigenvalue weighted by Gasteiger charge is -2.06. The molecular formula is C6H14BrNO3S. The lowest BCUT2D eigenvalue weighted by Crippen LogP contribution is -2.31. The van der Waals surface area contributed by atoms with Crippen molar-refractivity contribution < 1.29 is 13.2 Å². The summed E-state index contributed by atoms with van der Waals surface area (Å²) >= 11 is 3.24. The number of nitrogens with one attached hydrogen (secondary N) is 1. The highest BCUT2D eigenvalue weighted by molar-refractivity contribution is 9.09. The van der Waals surface area contributed by atoms with Crippen molar-refractivity contribution >= 4 is 26.0 Å². The molecule has 1 atom stereocenters. The standard InChI is InChI=1S/C6H14BrNO3S/c1-6(7)5-8-12(9,10)4-3-11-2/h6,8H,3-5H2,1-2H3. The Morgan fingerprint density at radius 3 is 2.58 bits per heavy atom. The summed E-state index contributed by atoms with van der Waals surface area (Å²) in [6, 6.07) is 0. The maximum absolute atomic E-state index is 11.1. The van der Waals surface area contributed by atoms with Gasteiger partial charge in [0.15, 0.2) is 0 Å². The molecule has 0 aromatic rings. The fourth-order valence-electron chi connectivity index (χ4n) is 0.507. The van der Waals surface area contributed by atoms with Crippen LogP contribution in [0.5, 0.6) is 0 Å². The van der Waals surface area contributed by atoms with Crippen LogP contribution in [0.2, 0.25) is 0 Å². The summed E-state index contributed by atoms with van der Waals surface area (Å²) < 4.78 is 29.3. The predicted octanol–water partition coefficient (Wildman–Crippen LogP) is 0.336. The van der Waals surface area contributed by atoms with Gasteiger partial charge in [0, 0.05) is 18.5 Å². The van der Waals surface area contributed by atoms with Gasteiger partial charge >= 0.3 is 0 Å². The van der Waals surface area contributed by atoms with Gasteiger partial charge in [-0.2, -0.15) is 0 Å². The molecule has 0 heterocycles. The summed E-state index contributed by atoms with van der Waals surface area (Å²) in [4.78, 5) is 0.148. The monoisotopic (exact) mass is 259 g/mol. The third kappa shape index (κ3) is 7.02. The van der Waals surface area contributed by atoms with Crippen LogP contribution in [-0.2, 0) is 14.8 Å². The van der Waals surface area contributed by atoms with Crippen LogP contribution >= 0.6 is 15.9 Å². The number of ether oxygens (including phenoxy) is 1. The van der Waals surface area contributed by atoms with E-state index in [1.165, 1.54) is 7.11 Å². The van der Waals surface area contributed by atoms with Crippen LogP contribution in [0.15, 0.2) is 0 Å². The van der Waals surface area contributed by atoms with E-state index >= 15 is 0 Å². The van der Waals surface area contributed by atoms with Gasteiger partial charge < -0.3 is 4.74 Å². The zero-order valence-electron chi connectivity index (χ0n) is 7.21. The minimum Gasteiger partial charge on any atom is -0.384 e. The van der Waals surface area contributed by atoms with Gasteiger partial charge in [-0.15, -0.1) is 0 Å². The molecule has 0 aliphatic heterocycles. The Morgan fingerprint density at radius 1 is 1.58 bits per heavy atom. The van der Waals surface area contributed by atoms with Gasteiger partial charge in [-0.25, -0.2) is 13.1 Å². The summed E-state index contributed by atoms with van der Waals surface area (Å²) in [5.41, 5.74) is 0. The highest BCUT2D eigenvalue weighted by atomic mass is 79.9. The molecule has 0 fully saturated rings. The van der Waals surface area contributed by atoms with Crippen molar-refractivity contribution in [3.05, 3.63) is 0 Å². The summed E-state index contributed by atoms with van der Waals surface area (Å²) in [5, 5.41) is 0. The van der Waals surface area contributed by atoms with Gasteiger partial charge in [-0.1, -0.05) is 22.9 Å². The zero-order valence-corrected chi connectivity index (χ0v) is 9.61. The average Bonchev–Trinajstić information content (AvgIpc) is 1.98. The van der Waals surface area contributed by atoms with Crippen molar-refractivity contribution in [2.45, 2.75) is 11.8 Å². The second kappa shape index (κ2) is 5.90. The molecule has 0 aromatic carbocycles. The molecule has 0 bridgehead atoms. The molecule has 1 N–H and O–H groups in total. The van der Waals surface area contributed by atoms with Crippen LogP contribution in [-0.4, -0.2) is 39.3 Å². The lowest BCUT2D eigenvalue weighted by molar-refractivity contribution is 0.217. The third-order valence-corrected chi connectivity index (χ3v) is 2.78. The number of methoxy groups -OCH3 is 1. The molecule has 74 valence electrons. The average molecular weight is 260 g/mol. The first-order valence-corrected chi connectivity index (χ1v) is 6.15. The van der Waals surface area contributed by atoms with Crippen molar-refractivity contribution in [3.8, 4) is 0 Å². The second-order valence-corrected chi connectivity index (χ2v) is 5.93. The van der Waals surface area contributed by atoms with Crippen molar-refractivity contribution in [1.82, 2.24) is 4.72 Å². The molecule has 0 spiro atoms. The Bertz CT molecular complexity index is 203. The Labute approximate surface area is 81.9 Å². The SMILES string of the molecule is COCCS(=O)(=O)NCC(C)Br. The van der Waals surface area contributed by atoms with Gasteiger partial charge in [0.2, 0.25) is 10.0 Å². The van der Waals surface area contributed by atoms with Crippen molar-refractivity contribution in [1.29, 1.82) is 0 Å². The minimum atomic E-state index is -3.14. The van der Waals surface area contributed by atoms with Crippen molar-refractivity contribution in [2.24, 2.45) is 0 Å². The van der Waals surface area contributed by atoms with Gasteiger partial charge in [0.05, 0.1) is 12.4 Å². The van der Waals surface area contributed by atoms with E-state index in [-0.39, 0.29) is 17.2 Å². The number of sulfonamides is 1. The third-order valence-electron chi connectivity index (χ3n) is 1.14. The van der Waals surface area contributed by atoms with E-state index < -0.39 is 10.0 Å². The highest BCUT2D eigenvalue weighted by Crippen LogP contribution is 1.95. The first kappa shape index (κ1) is 12.3. The van der Waals surface area contributed by atoms with Crippen LogP contribution in [0, 0.1) is 0 Å². The van der Waals surface area contributed by atoms with Crippen LogP contribution in [0.4, 0.5) is 0 Å². The first-order valence-electron chi connectivity index (χ1n) is 3.58. The second-order valence-electron chi connectivity index (χ2n) is 2.44. The summed E-state index contributed by atoms with van der Waals surface area (Å²) in [6.07, 6.45) is 0. The van der Waals surface area contributed by atoms with Crippen LogP contribution in [0.3, 0.4) is 0 Å². The molecular weight excluding hydrogens is 246 g/mol. The number of hydrogen-bond acceptors (Lipinski definition) is 3. The maximum atomic E-state index is 11.1. The van der Waals surface area contributed by atoms with Crippen LogP contribution in [0.25, 0.3) is 0 Å². The molecule has 0 aliphatic carbocycles. The first-order chi connectivity index (χ1) is 5.48. The number of halogens is 1. The normalized spacial score (nSPS) is 14.6. The maximum Gasteiger partial charge on any atom is 0.213 e. The highest BCUT2D eigenvalue weighted by Gasteiger charge is 2.09. The number of alkyl halides is 1. The fourth-order valence-corrected chi connectivity index (χ4v) is 1.92. The molecule has 1 unspecified atom stereocenters. The molecule has 0 aliphatic rings. The zero-order chi connectivity index (χ0) is 9.61. The summed E-state index contributed by atoms with van der Waals surface area (Å²) in [7, 11) is -1.67. The lowest BCUT2D eigenvalue weighted by atomic mass is 10.5. The van der Waals surface area contributed by atoms with E-state index in [9.17, 15) is 8.42 Å². The van der Waals surface area contributed by atoms with Gasteiger partial charge in [0.1, 0.15) is 0 Å². The summed E-state index contributed by atoms with van der Waals surface area (Å²) in [6.45, 7) is 2.51. The van der Waals surface area contributed by atoms with E-state index in [4.69, 9.17) is 0 Å². The molecule has 0 aromatic heterocycles. The van der Waals surface area contributed by atoms with Crippen molar-refractivity contribution in [2.75, 3.05) is 26.0 Å². The molecule has 4 nitrogen and oxygen atoms in total. The van der Waals surface area contributed by atoms with E-state index in [0.29, 0.717) is 6.54 Å². The van der Waals surface area contributed by atoms with Gasteiger partial charge in [-0.05, 0) is 0 Å². The molecule has 0 rings (SSSR count). The quantitative estimate of drug-likeness (QED) is 0.700. The largest absolute Gasteiger partial charge is 0.384 e. The fraction of sp³-hybridized carbons (Fsp3) is 1.00. The van der Waals surface area contributed by atoms with E-state index in [1.807, 2.05) is 6.92 Å². The Balaban J connectivity index is 3.73. The van der Waals surface area contributed by atoms with Crippen LogP contribution < -0.4 is 4.72 Å². The van der Waals surface area contributed by atoms with Crippen molar-refractivity contribution in [3.63, 3.8) is 0 Å². The molecule has 0 radical (unpaired) electrons. The van der Waals surface area contributed by atoms with E-state index in [1.54, 1.807) is 0 Å².